The van der Waals surface area contributed by atoms with E-state index in [0.29, 0.717) is 6.04 Å². The molecule has 0 radical (unpaired) electrons. The predicted octanol–water partition coefficient (Wildman–Crippen LogP) is 1.90. The van der Waals surface area contributed by atoms with Crippen molar-refractivity contribution in [2.45, 2.75) is 65.7 Å². The first-order valence-electron chi connectivity index (χ1n) is 7.71. The molecule has 0 saturated carbocycles. The molecule has 1 saturated heterocycles. The lowest BCUT2D eigenvalue weighted by Crippen LogP contribution is -2.35. The summed E-state index contributed by atoms with van der Waals surface area (Å²) in [5.41, 5.74) is 1.13. The number of hydrogen-bond acceptors (Lipinski definition) is 4. The molecule has 0 aromatic carbocycles. The summed E-state index contributed by atoms with van der Waals surface area (Å²) >= 11 is 0. The molecule has 1 aliphatic rings. The molecule has 1 fully saturated rings. The molecule has 0 spiro atoms. The van der Waals surface area contributed by atoms with E-state index >= 15 is 0 Å². The van der Waals surface area contributed by atoms with E-state index in [9.17, 15) is 0 Å². The van der Waals surface area contributed by atoms with Gasteiger partial charge in [0, 0.05) is 37.4 Å². The second kappa shape index (κ2) is 6.22. The molecule has 114 valence electrons. The molecule has 1 aromatic heterocycles. The summed E-state index contributed by atoms with van der Waals surface area (Å²) in [6.45, 7) is 15.1. The van der Waals surface area contributed by atoms with E-state index in [1.54, 1.807) is 0 Å². The summed E-state index contributed by atoms with van der Waals surface area (Å²) in [5, 5.41) is 11.9. The lowest BCUT2D eigenvalue weighted by molar-refractivity contribution is 0.249. The van der Waals surface area contributed by atoms with Gasteiger partial charge in [0.15, 0.2) is 0 Å². The van der Waals surface area contributed by atoms with Gasteiger partial charge in [-0.05, 0) is 40.0 Å². The smallest absolute Gasteiger partial charge is 0.0965 e. The minimum absolute atomic E-state index is 0.116. The minimum Gasteiger partial charge on any atom is -0.306 e. The Kier molecular flexibility index (Phi) is 4.81. The molecule has 0 amide bonds. The monoisotopic (exact) mass is 279 g/mol. The Labute approximate surface area is 122 Å². The number of hydrogen-bond donors (Lipinski definition) is 1. The van der Waals surface area contributed by atoms with Crippen LogP contribution >= 0.6 is 0 Å². The van der Waals surface area contributed by atoms with E-state index in [0.717, 1.165) is 31.2 Å². The zero-order chi connectivity index (χ0) is 14.8. The topological polar surface area (TPSA) is 46.0 Å². The van der Waals surface area contributed by atoms with Gasteiger partial charge >= 0.3 is 0 Å². The van der Waals surface area contributed by atoms with Crippen LogP contribution in [-0.2, 0) is 13.1 Å². The van der Waals surface area contributed by atoms with Crippen LogP contribution in [0.5, 0.6) is 0 Å². The van der Waals surface area contributed by atoms with Gasteiger partial charge in [0.25, 0.3) is 0 Å². The van der Waals surface area contributed by atoms with Gasteiger partial charge in [0.1, 0.15) is 0 Å². The Morgan fingerprint density at radius 1 is 1.30 bits per heavy atom. The van der Waals surface area contributed by atoms with Gasteiger partial charge in [-0.2, -0.15) is 0 Å². The fourth-order valence-corrected chi connectivity index (χ4v) is 2.81. The molecule has 5 nitrogen and oxygen atoms in total. The first kappa shape index (κ1) is 15.4. The first-order valence-corrected chi connectivity index (χ1v) is 7.71. The third kappa shape index (κ3) is 4.56. The first-order chi connectivity index (χ1) is 9.33. The fourth-order valence-electron chi connectivity index (χ4n) is 2.81. The molecule has 20 heavy (non-hydrogen) atoms. The predicted molar refractivity (Wildman–Crippen MR) is 81.4 cm³/mol. The zero-order valence-electron chi connectivity index (χ0n) is 13.6. The largest absolute Gasteiger partial charge is 0.306 e. The van der Waals surface area contributed by atoms with E-state index in [4.69, 9.17) is 0 Å². The van der Waals surface area contributed by atoms with Gasteiger partial charge in [-0.15, -0.1) is 5.10 Å². The van der Waals surface area contributed by atoms with Crippen LogP contribution in [0.4, 0.5) is 0 Å². The molecule has 2 rings (SSSR count). The average Bonchev–Trinajstić information content (AvgIpc) is 2.90. The zero-order valence-corrected chi connectivity index (χ0v) is 13.6. The molecular formula is C15H29N5. The van der Waals surface area contributed by atoms with Gasteiger partial charge in [-0.1, -0.05) is 12.1 Å². The maximum Gasteiger partial charge on any atom is 0.0965 e. The molecule has 2 unspecified atom stereocenters. The SMILES string of the molecule is CC1CC(C)N(CCn2cc(CNC(C)(C)C)nn2)C1. The van der Waals surface area contributed by atoms with Crippen LogP contribution in [0, 0.1) is 5.92 Å². The maximum atomic E-state index is 4.23. The van der Waals surface area contributed by atoms with Crippen LogP contribution in [0.1, 0.15) is 46.7 Å². The third-order valence-corrected chi connectivity index (χ3v) is 3.92. The molecule has 1 aromatic rings. The van der Waals surface area contributed by atoms with Crippen LogP contribution in [0.2, 0.25) is 0 Å². The molecule has 0 aliphatic carbocycles. The third-order valence-electron chi connectivity index (χ3n) is 3.92. The second-order valence-corrected chi connectivity index (χ2v) is 7.26. The summed E-state index contributed by atoms with van der Waals surface area (Å²) in [5.74, 6) is 0.826. The maximum absolute atomic E-state index is 4.23. The summed E-state index contributed by atoms with van der Waals surface area (Å²) < 4.78 is 1.97. The Morgan fingerprint density at radius 3 is 2.65 bits per heavy atom. The number of rotatable bonds is 5. The summed E-state index contributed by atoms with van der Waals surface area (Å²) in [6, 6.07) is 0.704. The van der Waals surface area contributed by atoms with Crippen LogP contribution in [-0.4, -0.2) is 44.6 Å². The van der Waals surface area contributed by atoms with Gasteiger partial charge in [-0.3, -0.25) is 9.58 Å². The van der Waals surface area contributed by atoms with Crippen molar-refractivity contribution < 1.29 is 0 Å². The summed E-state index contributed by atoms with van der Waals surface area (Å²) in [4.78, 5) is 2.55. The van der Waals surface area contributed by atoms with E-state index < -0.39 is 0 Å². The lowest BCUT2D eigenvalue weighted by atomic mass is 10.1. The highest BCUT2D eigenvalue weighted by Gasteiger charge is 2.25. The molecule has 5 heteroatoms. The number of likely N-dealkylation sites (tertiary alicyclic amines) is 1. The number of aromatic nitrogens is 3. The van der Waals surface area contributed by atoms with Crippen molar-refractivity contribution >= 4 is 0 Å². The van der Waals surface area contributed by atoms with E-state index in [1.807, 2.05) is 4.68 Å². The van der Waals surface area contributed by atoms with Gasteiger partial charge in [0.05, 0.1) is 12.2 Å². The van der Waals surface area contributed by atoms with Crippen LogP contribution in [0.3, 0.4) is 0 Å². The Hall–Kier alpha value is -0.940. The Morgan fingerprint density at radius 2 is 2.05 bits per heavy atom. The molecule has 1 N–H and O–H groups in total. The molecule has 2 heterocycles. The molecular weight excluding hydrogens is 250 g/mol. The van der Waals surface area contributed by atoms with Crippen LogP contribution in [0.25, 0.3) is 0 Å². The second-order valence-electron chi connectivity index (χ2n) is 7.26. The van der Waals surface area contributed by atoms with E-state index in [-0.39, 0.29) is 5.54 Å². The van der Waals surface area contributed by atoms with Crippen molar-refractivity contribution in [1.29, 1.82) is 0 Å². The molecule has 1 aliphatic heterocycles. The van der Waals surface area contributed by atoms with Crippen molar-refractivity contribution in [3.05, 3.63) is 11.9 Å². The van der Waals surface area contributed by atoms with Crippen molar-refractivity contribution in [2.75, 3.05) is 13.1 Å². The highest BCUT2D eigenvalue weighted by Crippen LogP contribution is 2.21. The lowest BCUT2D eigenvalue weighted by Gasteiger charge is -2.20. The number of nitrogens with one attached hydrogen (secondary N) is 1. The summed E-state index contributed by atoms with van der Waals surface area (Å²) in [6.07, 6.45) is 3.38. The quantitative estimate of drug-likeness (QED) is 0.894. The van der Waals surface area contributed by atoms with Crippen molar-refractivity contribution in [1.82, 2.24) is 25.2 Å². The highest BCUT2D eigenvalue weighted by molar-refractivity contribution is 4.93. The average molecular weight is 279 g/mol. The van der Waals surface area contributed by atoms with E-state index in [1.165, 1.54) is 13.0 Å². The van der Waals surface area contributed by atoms with Crippen molar-refractivity contribution in [3.63, 3.8) is 0 Å². The molecule has 0 bridgehead atoms. The Balaban J connectivity index is 1.78. The molecule has 2 atom stereocenters. The fraction of sp³-hybridized carbons (Fsp3) is 0.867. The van der Waals surface area contributed by atoms with Crippen molar-refractivity contribution in [2.24, 2.45) is 5.92 Å². The Bertz CT molecular complexity index is 420. The van der Waals surface area contributed by atoms with Crippen molar-refractivity contribution in [3.8, 4) is 0 Å². The van der Waals surface area contributed by atoms with Gasteiger partial charge < -0.3 is 5.32 Å². The number of nitrogens with zero attached hydrogens (tertiary/aromatic N) is 4. The highest BCUT2D eigenvalue weighted by atomic mass is 15.4. The van der Waals surface area contributed by atoms with Gasteiger partial charge in [-0.25, -0.2) is 0 Å². The van der Waals surface area contributed by atoms with E-state index in [2.05, 4.69) is 61.3 Å². The summed E-state index contributed by atoms with van der Waals surface area (Å²) in [7, 11) is 0. The van der Waals surface area contributed by atoms with Gasteiger partial charge in [0.2, 0.25) is 0 Å². The van der Waals surface area contributed by atoms with Crippen LogP contribution < -0.4 is 5.32 Å². The van der Waals surface area contributed by atoms with Crippen LogP contribution in [0.15, 0.2) is 6.20 Å². The normalized spacial score (nSPS) is 24.4. The minimum atomic E-state index is 0.116. The standard InChI is InChI=1S/C15H29N5/c1-12-8-13(2)19(10-12)6-7-20-11-14(17-18-20)9-16-15(3,4)5/h11-13,16H,6-10H2,1-5H3.